The lowest BCUT2D eigenvalue weighted by molar-refractivity contribution is -0.170. The Morgan fingerprint density at radius 3 is 2.19 bits per heavy atom. The summed E-state index contributed by atoms with van der Waals surface area (Å²) in [7, 11) is 0. The Balaban J connectivity index is 0.000000316. The summed E-state index contributed by atoms with van der Waals surface area (Å²) >= 11 is 0. The predicted octanol–water partition coefficient (Wildman–Crippen LogP) is 2.45. The highest BCUT2D eigenvalue weighted by molar-refractivity contribution is 5.95. The number of benzene rings is 1. The fraction of sp³-hybridized carbons (Fsp3) is 0.500. The number of carbonyl (C=O) groups excluding carboxylic acids is 1. The number of likely N-dealkylation sites (tertiary alicyclic amines) is 1. The van der Waals surface area contributed by atoms with E-state index < -0.39 is 36.4 Å². The molecule has 12 nitrogen and oxygen atoms in total. The van der Waals surface area contributed by atoms with Gasteiger partial charge in [0.25, 0.3) is 0 Å². The number of carbonyl (C=O) groups is 4. The van der Waals surface area contributed by atoms with Crippen LogP contribution < -0.4 is 4.90 Å². The Bertz CT molecular complexity index is 1190. The van der Waals surface area contributed by atoms with E-state index in [1.807, 2.05) is 17.2 Å². The molecule has 3 heterocycles. The minimum atomic E-state index is -2.74. The van der Waals surface area contributed by atoms with Gasteiger partial charge in [-0.3, -0.25) is 29.2 Å². The number of hydrogen-bond donors (Lipinski definition) is 4. The summed E-state index contributed by atoms with van der Waals surface area (Å²) in [6.07, 6.45) is 3.81. The fourth-order valence-corrected chi connectivity index (χ4v) is 5.40. The lowest BCUT2D eigenvalue weighted by atomic mass is 9.96. The zero-order valence-electron chi connectivity index (χ0n) is 23.9. The van der Waals surface area contributed by atoms with Gasteiger partial charge in [0.05, 0.1) is 18.5 Å². The van der Waals surface area contributed by atoms with Gasteiger partial charge in [-0.25, -0.2) is 4.79 Å². The molecular formula is C30H40N4O8. The molecule has 2 aliphatic heterocycles. The highest BCUT2D eigenvalue weighted by atomic mass is 16.4. The molecule has 4 N–H and O–H groups in total. The fourth-order valence-electron chi connectivity index (χ4n) is 5.40. The molecule has 1 aromatic carbocycles. The number of pyridine rings is 1. The van der Waals surface area contributed by atoms with Crippen LogP contribution in [0.25, 0.3) is 0 Å². The van der Waals surface area contributed by atoms with E-state index in [0.29, 0.717) is 12.5 Å². The quantitative estimate of drug-likeness (QED) is 0.272. The van der Waals surface area contributed by atoms with E-state index in [4.69, 9.17) is 20.4 Å². The number of aliphatic hydroxyl groups is 1. The molecule has 1 amide bonds. The molecule has 2 aliphatic rings. The average Bonchev–Trinajstić information content (AvgIpc) is 3.57. The smallest absolute Gasteiger partial charge is 0.336 e. The Morgan fingerprint density at radius 2 is 1.67 bits per heavy atom. The second-order valence-electron chi connectivity index (χ2n) is 10.7. The number of aromatic nitrogens is 1. The maximum Gasteiger partial charge on any atom is 0.336 e. The monoisotopic (exact) mass is 584 g/mol. The number of hydrogen-bond acceptors (Lipinski definition) is 8. The lowest BCUT2D eigenvalue weighted by Crippen LogP contribution is -2.42. The highest BCUT2D eigenvalue weighted by Gasteiger charge is 2.40. The van der Waals surface area contributed by atoms with Gasteiger partial charge in [-0.1, -0.05) is 25.1 Å². The van der Waals surface area contributed by atoms with Crippen LogP contribution in [-0.4, -0.2) is 96.8 Å². The zero-order chi connectivity index (χ0) is 30.7. The Hall–Kier alpha value is -3.87. The van der Waals surface area contributed by atoms with E-state index in [-0.39, 0.29) is 5.91 Å². The number of amides is 1. The lowest BCUT2D eigenvalue weighted by Gasteiger charge is -2.30. The summed E-state index contributed by atoms with van der Waals surface area (Å²) in [5, 5.41) is 33.8. The van der Waals surface area contributed by atoms with Crippen molar-refractivity contribution in [1.29, 1.82) is 0 Å². The summed E-state index contributed by atoms with van der Waals surface area (Å²) in [4.78, 5) is 54.1. The second-order valence-corrected chi connectivity index (χ2v) is 10.7. The number of carboxylic acid groups (broad SMARTS) is 3. The van der Waals surface area contributed by atoms with Gasteiger partial charge in [0.15, 0.2) is 5.60 Å². The van der Waals surface area contributed by atoms with E-state index in [0.717, 1.165) is 50.5 Å². The minimum absolute atomic E-state index is 0.246. The summed E-state index contributed by atoms with van der Waals surface area (Å²) < 4.78 is 0. The standard InChI is InChI=1S/C24H32N4O.C6H8O7/c1-2-27-15-5-8-23(27)19-26(18-21-7-3-4-14-25-21)17-20-10-12-22(13-11-20)28-16-6-9-24(28)29;7-3(8)1-6(13,5(11)12)2-4(9)10/h3-4,7,10-14,23H,2,5-6,8-9,15-19H2,1H3;13H,1-2H2,(H,7,8)(H,9,10)(H,11,12). The molecule has 2 saturated heterocycles. The first-order valence-corrected chi connectivity index (χ1v) is 14.2. The predicted molar refractivity (Wildman–Crippen MR) is 154 cm³/mol. The molecule has 0 spiro atoms. The van der Waals surface area contributed by atoms with Crippen LogP contribution in [0.15, 0.2) is 48.7 Å². The molecule has 1 unspecified atom stereocenters. The number of nitrogens with zero attached hydrogens (tertiary/aromatic N) is 4. The third-order valence-electron chi connectivity index (χ3n) is 7.50. The maximum absolute atomic E-state index is 12.0. The van der Waals surface area contributed by atoms with Gasteiger partial charge >= 0.3 is 17.9 Å². The second kappa shape index (κ2) is 15.4. The molecule has 228 valence electrons. The molecule has 1 aromatic heterocycles. The SMILES string of the molecule is CCN1CCCC1CN(Cc1ccc(N2CCCC2=O)cc1)Cc1ccccn1.O=C(O)CC(O)(CC(=O)O)C(=O)O. The van der Waals surface area contributed by atoms with Crippen LogP contribution in [0.1, 0.15) is 56.7 Å². The van der Waals surface area contributed by atoms with Crippen LogP contribution >= 0.6 is 0 Å². The summed E-state index contributed by atoms with van der Waals surface area (Å²) in [6, 6.07) is 15.3. The molecule has 0 radical (unpaired) electrons. The first-order chi connectivity index (χ1) is 20.0. The molecule has 42 heavy (non-hydrogen) atoms. The summed E-state index contributed by atoms with van der Waals surface area (Å²) in [6.45, 7) is 8.28. The number of carboxylic acids is 3. The third kappa shape index (κ3) is 9.61. The number of anilines is 1. The number of rotatable bonds is 13. The van der Waals surface area contributed by atoms with Crippen LogP contribution in [-0.2, 0) is 32.3 Å². The normalized spacial score (nSPS) is 17.3. The molecule has 12 heteroatoms. The average molecular weight is 585 g/mol. The third-order valence-corrected chi connectivity index (χ3v) is 7.50. The van der Waals surface area contributed by atoms with Crippen molar-refractivity contribution in [3.63, 3.8) is 0 Å². The van der Waals surface area contributed by atoms with Crippen molar-refractivity contribution in [2.24, 2.45) is 0 Å². The molecule has 0 saturated carbocycles. The van der Waals surface area contributed by atoms with E-state index in [9.17, 15) is 19.2 Å². The minimum Gasteiger partial charge on any atom is -0.481 e. The van der Waals surface area contributed by atoms with Crippen molar-refractivity contribution in [2.75, 3.05) is 31.1 Å². The van der Waals surface area contributed by atoms with Gasteiger partial charge in [0.2, 0.25) is 5.91 Å². The Labute approximate surface area is 245 Å². The van der Waals surface area contributed by atoms with Gasteiger partial charge in [-0.05, 0) is 62.2 Å². The van der Waals surface area contributed by atoms with Crippen LogP contribution in [0.5, 0.6) is 0 Å². The van der Waals surface area contributed by atoms with Crippen molar-refractivity contribution in [1.82, 2.24) is 14.8 Å². The van der Waals surface area contributed by atoms with Crippen molar-refractivity contribution in [3.8, 4) is 0 Å². The molecule has 4 rings (SSSR count). The van der Waals surface area contributed by atoms with Crippen molar-refractivity contribution >= 4 is 29.5 Å². The molecular weight excluding hydrogens is 544 g/mol. The van der Waals surface area contributed by atoms with Crippen LogP contribution in [0.3, 0.4) is 0 Å². The summed E-state index contributed by atoms with van der Waals surface area (Å²) in [5.41, 5.74) is 0.697. The Kier molecular flexibility index (Phi) is 12.0. The number of likely N-dealkylation sites (N-methyl/N-ethyl adjacent to an activating group) is 1. The van der Waals surface area contributed by atoms with E-state index >= 15 is 0 Å². The van der Waals surface area contributed by atoms with Crippen LogP contribution in [0.4, 0.5) is 5.69 Å². The molecule has 0 bridgehead atoms. The van der Waals surface area contributed by atoms with Gasteiger partial charge in [-0.15, -0.1) is 0 Å². The van der Waals surface area contributed by atoms with E-state index in [1.165, 1.54) is 24.9 Å². The van der Waals surface area contributed by atoms with Crippen molar-refractivity contribution in [2.45, 2.75) is 70.2 Å². The first kappa shape index (κ1) is 32.6. The van der Waals surface area contributed by atoms with E-state index in [2.05, 4.69) is 58.1 Å². The van der Waals surface area contributed by atoms with Gasteiger partial charge < -0.3 is 25.3 Å². The maximum atomic E-state index is 12.0. The molecule has 2 fully saturated rings. The van der Waals surface area contributed by atoms with Crippen molar-refractivity contribution < 1.29 is 39.6 Å². The molecule has 0 aliphatic carbocycles. The van der Waals surface area contributed by atoms with E-state index in [1.54, 1.807) is 0 Å². The Morgan fingerprint density at radius 1 is 0.976 bits per heavy atom. The number of aliphatic carboxylic acids is 3. The van der Waals surface area contributed by atoms with Gasteiger partial charge in [0, 0.05) is 50.5 Å². The summed E-state index contributed by atoms with van der Waals surface area (Å²) in [5.74, 6) is -4.77. The zero-order valence-corrected chi connectivity index (χ0v) is 23.9. The highest BCUT2D eigenvalue weighted by Crippen LogP contribution is 2.24. The van der Waals surface area contributed by atoms with Crippen molar-refractivity contribution in [3.05, 3.63) is 59.9 Å². The van der Waals surface area contributed by atoms with Gasteiger partial charge in [0.1, 0.15) is 0 Å². The molecule has 2 aromatic rings. The van der Waals surface area contributed by atoms with Gasteiger partial charge in [-0.2, -0.15) is 0 Å². The topological polar surface area (TPSA) is 172 Å². The van der Waals surface area contributed by atoms with Crippen LogP contribution in [0, 0.1) is 0 Å². The molecule has 1 atom stereocenters. The van der Waals surface area contributed by atoms with Crippen LogP contribution in [0.2, 0.25) is 0 Å². The first-order valence-electron chi connectivity index (χ1n) is 14.2. The largest absolute Gasteiger partial charge is 0.481 e.